The Morgan fingerprint density at radius 1 is 0.925 bits per heavy atom. The molecule has 0 spiro atoms. The van der Waals surface area contributed by atoms with Gasteiger partial charge in [-0.3, -0.25) is 9.59 Å². The number of allylic oxidation sites excluding steroid dienone is 2. The van der Waals surface area contributed by atoms with Gasteiger partial charge in [0.25, 0.3) is 0 Å². The molecule has 0 fully saturated rings. The van der Waals surface area contributed by atoms with Crippen molar-refractivity contribution in [3.8, 4) is 34.5 Å². The van der Waals surface area contributed by atoms with Crippen LogP contribution < -0.4 is 9.47 Å². The smallest absolute Gasteiger partial charge is 0.167 e. The quantitative estimate of drug-likeness (QED) is 0.197. The summed E-state index contributed by atoms with van der Waals surface area (Å²) in [4.78, 5) is 25.7. The fourth-order valence-corrected chi connectivity index (χ4v) is 5.24. The van der Waals surface area contributed by atoms with Crippen LogP contribution in [0.15, 0.2) is 17.7 Å². The lowest BCUT2D eigenvalue weighted by atomic mass is 9.78. The summed E-state index contributed by atoms with van der Waals surface area (Å²) in [5, 5.41) is 46.3. The van der Waals surface area contributed by atoms with Crippen LogP contribution in [0.25, 0.3) is 6.08 Å². The van der Waals surface area contributed by atoms with Crippen LogP contribution >= 0.6 is 0 Å². The number of hydrogen-bond donors (Lipinski definition) is 4. The van der Waals surface area contributed by atoms with Gasteiger partial charge in [-0.25, -0.2) is 0 Å². The molecule has 3 rings (SSSR count). The third-order valence-electron chi connectivity index (χ3n) is 7.05. The number of carbonyl (C=O) groups is 2. The lowest BCUT2D eigenvalue weighted by Crippen LogP contribution is -2.29. The number of fused-ring (bicyclic) bond motifs is 1. The second-order valence-electron chi connectivity index (χ2n) is 11.5. The standard InChI is InChI=1S/C32H40O8/c1-15(2)10-11-19-26(35)24(28(37)22(17(5)33)30(19)39-9)21(14-16(3)4)25-27(36)20-12-13-32(7,8)40-31(20)23(18(6)34)29(25)38/h10,12-13,16,21,35-38H,11,14H2,1-9H3. The van der Waals surface area contributed by atoms with Crippen LogP contribution in [0, 0.1) is 5.92 Å². The Bertz CT molecular complexity index is 1420. The molecule has 1 unspecified atom stereocenters. The Balaban J connectivity index is 2.53. The molecule has 0 aromatic heterocycles. The number of phenolic OH excluding ortho intramolecular Hbond substituents is 4. The molecule has 2 aromatic carbocycles. The number of methoxy groups -OCH3 is 1. The predicted octanol–water partition coefficient (Wildman–Crippen LogP) is 6.79. The SMILES string of the molecule is COc1c(CC=C(C)C)c(O)c(C(CC(C)C)c2c(O)c3c(c(C(C)=O)c2O)OC(C)(C)C=C3)c(O)c1C(C)=O. The van der Waals surface area contributed by atoms with Crippen LogP contribution in [0.4, 0.5) is 0 Å². The number of hydrogen-bond acceptors (Lipinski definition) is 8. The normalized spacial score (nSPS) is 14.3. The van der Waals surface area contributed by atoms with Gasteiger partial charge in [-0.15, -0.1) is 0 Å². The minimum Gasteiger partial charge on any atom is -0.507 e. The zero-order chi connectivity index (χ0) is 30.3. The summed E-state index contributed by atoms with van der Waals surface area (Å²) in [5.41, 5.74) is 0.330. The number of ketones is 2. The number of ether oxygens (including phenoxy) is 2. The molecule has 0 radical (unpaired) electrons. The van der Waals surface area contributed by atoms with Gasteiger partial charge in [0.1, 0.15) is 51.2 Å². The largest absolute Gasteiger partial charge is 0.507 e. The summed E-state index contributed by atoms with van der Waals surface area (Å²) in [7, 11) is 1.35. The molecule has 1 heterocycles. The third kappa shape index (κ3) is 5.53. The Hall–Kier alpha value is -3.94. The van der Waals surface area contributed by atoms with E-state index >= 15 is 0 Å². The van der Waals surface area contributed by atoms with Crippen molar-refractivity contribution in [3.05, 3.63) is 51.1 Å². The van der Waals surface area contributed by atoms with Gasteiger partial charge in [-0.05, 0) is 72.5 Å². The molecule has 8 nitrogen and oxygen atoms in total. The van der Waals surface area contributed by atoms with Gasteiger partial charge in [-0.1, -0.05) is 25.5 Å². The molecule has 0 amide bonds. The average Bonchev–Trinajstić information content (AvgIpc) is 2.81. The molecule has 0 saturated carbocycles. The summed E-state index contributed by atoms with van der Waals surface area (Å²) >= 11 is 0. The zero-order valence-electron chi connectivity index (χ0n) is 24.7. The van der Waals surface area contributed by atoms with Crippen molar-refractivity contribution in [3.63, 3.8) is 0 Å². The van der Waals surface area contributed by atoms with E-state index in [4.69, 9.17) is 9.47 Å². The molecule has 4 N–H and O–H groups in total. The van der Waals surface area contributed by atoms with E-state index in [2.05, 4.69) is 0 Å². The topological polar surface area (TPSA) is 134 Å². The number of aromatic hydroxyl groups is 4. The Kier molecular flexibility index (Phi) is 8.63. The van der Waals surface area contributed by atoms with Gasteiger partial charge in [0.05, 0.1) is 12.7 Å². The molecular formula is C32H40O8. The number of Topliss-reactive ketones (excluding diaryl/α,β-unsaturated/α-hetero) is 2. The van der Waals surface area contributed by atoms with E-state index < -0.39 is 34.6 Å². The highest BCUT2D eigenvalue weighted by atomic mass is 16.5. The van der Waals surface area contributed by atoms with Gasteiger partial charge >= 0.3 is 0 Å². The molecule has 0 aliphatic carbocycles. The summed E-state index contributed by atoms with van der Waals surface area (Å²) in [5.74, 6) is -3.63. The Morgan fingerprint density at radius 2 is 1.48 bits per heavy atom. The first-order chi connectivity index (χ1) is 18.5. The fourth-order valence-electron chi connectivity index (χ4n) is 5.24. The van der Waals surface area contributed by atoms with Gasteiger partial charge in [-0.2, -0.15) is 0 Å². The highest BCUT2D eigenvalue weighted by Gasteiger charge is 2.38. The molecule has 216 valence electrons. The summed E-state index contributed by atoms with van der Waals surface area (Å²) in [6.07, 6.45) is 5.65. The van der Waals surface area contributed by atoms with Crippen molar-refractivity contribution in [1.29, 1.82) is 0 Å². The zero-order valence-corrected chi connectivity index (χ0v) is 24.7. The third-order valence-corrected chi connectivity index (χ3v) is 7.05. The monoisotopic (exact) mass is 552 g/mol. The summed E-state index contributed by atoms with van der Waals surface area (Å²) in [6.45, 7) is 13.7. The lowest BCUT2D eigenvalue weighted by Gasteiger charge is -2.32. The first-order valence-corrected chi connectivity index (χ1v) is 13.3. The molecule has 8 heteroatoms. The Morgan fingerprint density at radius 3 is 1.98 bits per heavy atom. The van der Waals surface area contributed by atoms with Crippen LogP contribution in [0.1, 0.15) is 111 Å². The van der Waals surface area contributed by atoms with Crippen LogP contribution in [0.5, 0.6) is 34.5 Å². The molecule has 1 aliphatic rings. The maximum Gasteiger partial charge on any atom is 0.167 e. The molecular weight excluding hydrogens is 512 g/mol. The van der Waals surface area contributed by atoms with Crippen molar-refractivity contribution < 1.29 is 39.5 Å². The summed E-state index contributed by atoms with van der Waals surface area (Å²) < 4.78 is 11.5. The molecule has 1 aliphatic heterocycles. The van der Waals surface area contributed by atoms with Crippen LogP contribution in [0.3, 0.4) is 0 Å². The maximum absolute atomic E-state index is 12.8. The predicted molar refractivity (Wildman–Crippen MR) is 154 cm³/mol. The lowest BCUT2D eigenvalue weighted by molar-refractivity contribution is 0.0990. The van der Waals surface area contributed by atoms with E-state index in [0.29, 0.717) is 0 Å². The van der Waals surface area contributed by atoms with Gasteiger partial charge in [0.15, 0.2) is 11.6 Å². The van der Waals surface area contributed by atoms with Gasteiger partial charge < -0.3 is 29.9 Å². The fraction of sp³-hybridized carbons (Fsp3) is 0.438. The van der Waals surface area contributed by atoms with E-state index in [1.54, 1.807) is 26.0 Å². The Labute approximate surface area is 235 Å². The second-order valence-corrected chi connectivity index (χ2v) is 11.5. The second kappa shape index (κ2) is 11.3. The number of rotatable bonds is 9. The van der Waals surface area contributed by atoms with Crippen LogP contribution in [-0.4, -0.2) is 44.7 Å². The van der Waals surface area contributed by atoms with E-state index in [-0.39, 0.29) is 75.1 Å². The van der Waals surface area contributed by atoms with E-state index in [1.807, 2.05) is 33.8 Å². The first kappa shape index (κ1) is 30.6. The molecule has 0 bridgehead atoms. The van der Waals surface area contributed by atoms with Crippen molar-refractivity contribution in [2.24, 2.45) is 5.92 Å². The first-order valence-electron chi connectivity index (χ1n) is 13.3. The maximum atomic E-state index is 12.8. The van der Waals surface area contributed by atoms with Crippen molar-refractivity contribution in [2.45, 2.75) is 79.8 Å². The van der Waals surface area contributed by atoms with Crippen LogP contribution in [0.2, 0.25) is 0 Å². The van der Waals surface area contributed by atoms with E-state index in [9.17, 15) is 30.0 Å². The highest BCUT2D eigenvalue weighted by molar-refractivity contribution is 6.03. The number of carbonyl (C=O) groups excluding carboxylic acids is 2. The van der Waals surface area contributed by atoms with E-state index in [1.165, 1.54) is 21.0 Å². The minimum atomic E-state index is -1.01. The van der Waals surface area contributed by atoms with Gasteiger partial charge in [0.2, 0.25) is 0 Å². The molecule has 1 atom stereocenters. The van der Waals surface area contributed by atoms with E-state index in [0.717, 1.165) is 5.57 Å². The number of benzene rings is 2. The number of phenols is 4. The molecule has 40 heavy (non-hydrogen) atoms. The van der Waals surface area contributed by atoms with Crippen LogP contribution in [-0.2, 0) is 6.42 Å². The minimum absolute atomic E-state index is 0.0436. The van der Waals surface area contributed by atoms with Crippen molar-refractivity contribution >= 4 is 17.6 Å². The summed E-state index contributed by atoms with van der Waals surface area (Å²) in [6, 6.07) is 0. The highest BCUT2D eigenvalue weighted by Crippen LogP contribution is 2.56. The van der Waals surface area contributed by atoms with Gasteiger partial charge in [0, 0.05) is 22.6 Å². The molecule has 2 aromatic rings. The van der Waals surface area contributed by atoms with Crippen molar-refractivity contribution in [2.75, 3.05) is 7.11 Å². The molecule has 0 saturated heterocycles. The average molecular weight is 553 g/mol. The van der Waals surface area contributed by atoms with Crippen molar-refractivity contribution in [1.82, 2.24) is 0 Å².